The second-order valence-corrected chi connectivity index (χ2v) is 29.1. The van der Waals surface area contributed by atoms with Crippen molar-refractivity contribution in [2.45, 2.75) is 218 Å². The van der Waals surface area contributed by atoms with E-state index in [1.807, 2.05) is 54.6 Å². The van der Waals surface area contributed by atoms with Gasteiger partial charge < -0.3 is 9.47 Å². The van der Waals surface area contributed by atoms with Crippen molar-refractivity contribution in [1.29, 1.82) is 0 Å². The Balaban J connectivity index is 0.00000100. The third-order valence-electron chi connectivity index (χ3n) is 14.7. The fourth-order valence-corrected chi connectivity index (χ4v) is 9.25. The third kappa shape index (κ3) is 43.6. The molecule has 91 heavy (non-hydrogen) atoms. The molecule has 0 amide bonds. The zero-order valence-electron chi connectivity index (χ0n) is 60.3. The number of benzene rings is 8. The quantitative estimate of drug-likeness (QED) is 0.0709. The molecule has 500 valence electrons. The Morgan fingerprint density at radius 2 is 0.714 bits per heavy atom. The summed E-state index contributed by atoms with van der Waals surface area (Å²) < 4.78 is 12.7. The lowest BCUT2D eigenvalue weighted by atomic mass is 10.0. The van der Waals surface area contributed by atoms with Gasteiger partial charge in [0.05, 0.1) is 14.2 Å². The Morgan fingerprint density at radius 3 is 1.04 bits per heavy atom. The molecule has 0 unspecified atom stereocenters. The molecule has 8 aromatic carbocycles. The van der Waals surface area contributed by atoms with E-state index in [1.165, 1.54) is 92.2 Å². The number of hydrogen-bond donors (Lipinski definition) is 0. The van der Waals surface area contributed by atoms with E-state index in [4.69, 9.17) is 32.7 Å². The first kappa shape index (κ1) is 86.2. The number of rotatable bonds is 16. The number of hydrogen-bond acceptors (Lipinski definition) is 2. The summed E-state index contributed by atoms with van der Waals surface area (Å²) in [7, 11) is 3.39. The van der Waals surface area contributed by atoms with E-state index in [9.17, 15) is 0 Å². The maximum atomic E-state index is 5.72. The maximum Gasteiger partial charge on any atom is 0.122 e. The van der Waals surface area contributed by atoms with E-state index in [0.717, 1.165) is 37.9 Å². The molecular formula is C85H120BrCl2IO2. The van der Waals surface area contributed by atoms with Gasteiger partial charge in [-0.05, 0) is 207 Å². The predicted molar refractivity (Wildman–Crippen MR) is 421 cm³/mol. The summed E-state index contributed by atoms with van der Waals surface area (Å²) in [4.78, 5) is 0. The van der Waals surface area contributed by atoms with Crippen LogP contribution < -0.4 is 9.47 Å². The van der Waals surface area contributed by atoms with Crippen molar-refractivity contribution < 1.29 is 9.47 Å². The van der Waals surface area contributed by atoms with Crippen LogP contribution in [-0.2, 0) is 6.42 Å². The molecule has 0 bridgehead atoms. The van der Waals surface area contributed by atoms with Crippen LogP contribution in [0.4, 0.5) is 0 Å². The van der Waals surface area contributed by atoms with Gasteiger partial charge in [-0.3, -0.25) is 0 Å². The van der Waals surface area contributed by atoms with Crippen LogP contribution in [0, 0.1) is 22.3 Å². The van der Waals surface area contributed by atoms with E-state index in [0.29, 0.717) is 41.4 Å². The minimum absolute atomic E-state index is 0.533. The van der Waals surface area contributed by atoms with Gasteiger partial charge in [-0.15, -0.1) is 0 Å². The van der Waals surface area contributed by atoms with Crippen LogP contribution in [0.1, 0.15) is 255 Å². The van der Waals surface area contributed by atoms with Crippen molar-refractivity contribution >= 4 is 61.7 Å². The van der Waals surface area contributed by atoms with Gasteiger partial charge in [-0.1, -0.05) is 335 Å². The highest BCUT2D eigenvalue weighted by atomic mass is 127. The van der Waals surface area contributed by atoms with E-state index in [2.05, 4.69) is 323 Å². The molecule has 0 spiro atoms. The van der Waals surface area contributed by atoms with Crippen molar-refractivity contribution in [3.05, 3.63) is 268 Å². The number of ether oxygens (including phenoxy) is 2. The van der Waals surface area contributed by atoms with Crippen molar-refractivity contribution in [3.63, 3.8) is 0 Å². The van der Waals surface area contributed by atoms with Gasteiger partial charge in [0.15, 0.2) is 0 Å². The summed E-state index contributed by atoms with van der Waals surface area (Å²) in [5.74, 6) is 7.89. The minimum atomic E-state index is 0.533. The van der Waals surface area contributed by atoms with Crippen molar-refractivity contribution in [3.8, 4) is 11.5 Å². The smallest absolute Gasteiger partial charge is 0.122 e. The fraction of sp³-hybridized carbons (Fsp3) is 0.435. The fourth-order valence-electron chi connectivity index (χ4n) is 8.38. The summed E-state index contributed by atoms with van der Waals surface area (Å²) in [6.07, 6.45) is 8.12. The standard InChI is InChI=1S/C11H16.2C10H14O.C10H14.C9H11Br.2C9H11Cl.C9H11I.C8H18/c1-10(2)8-9-11-6-4-3-5-7-11;1-8(2)9-4-6-10(11-3)7-5-9;1-8(2)9-6-4-5-7-10(9)11-3;1-8(2)10-6-4-9(3)5-7-10;4*1-7(2)8-3-5-9(10)6-4-8;1-4-5-6-7-8(2)3/h3-7,10H,8-9H2,1-2H3;2*4-8H,1-3H3;4-8H,1-3H3;4*3-7H,1-2H3;8H,4-7H2,1-3H3. The predicted octanol–water partition coefficient (Wildman–Crippen LogP) is 29.2. The highest BCUT2D eigenvalue weighted by Crippen LogP contribution is 2.26. The molecule has 0 aliphatic carbocycles. The Kier molecular flexibility index (Phi) is 48.8. The largest absolute Gasteiger partial charge is 0.497 e. The topological polar surface area (TPSA) is 18.5 Å². The lowest BCUT2D eigenvalue weighted by Crippen LogP contribution is -1.92. The normalized spacial score (nSPS) is 10.4. The Labute approximate surface area is 590 Å². The first-order valence-corrected chi connectivity index (χ1v) is 36.1. The summed E-state index contributed by atoms with van der Waals surface area (Å²) in [5.41, 5.74) is 12.3. The van der Waals surface area contributed by atoms with Crippen LogP contribution in [0.3, 0.4) is 0 Å². The second-order valence-electron chi connectivity index (χ2n) is 26.0. The molecule has 0 fully saturated rings. The first-order valence-electron chi connectivity index (χ1n) is 33.4. The van der Waals surface area contributed by atoms with Crippen LogP contribution in [0.2, 0.25) is 10.0 Å². The van der Waals surface area contributed by atoms with Gasteiger partial charge in [-0.2, -0.15) is 0 Å². The number of aryl methyl sites for hydroxylation is 2. The Morgan fingerprint density at radius 1 is 0.374 bits per heavy atom. The summed E-state index contributed by atoms with van der Waals surface area (Å²) in [6, 6.07) is 68.8. The van der Waals surface area contributed by atoms with E-state index >= 15 is 0 Å². The number of methoxy groups -OCH3 is 2. The molecule has 0 radical (unpaired) electrons. The van der Waals surface area contributed by atoms with Crippen molar-refractivity contribution in [1.82, 2.24) is 0 Å². The van der Waals surface area contributed by atoms with Gasteiger partial charge in [0, 0.05) is 18.1 Å². The molecule has 0 atom stereocenters. The molecule has 8 aromatic rings. The number of halogens is 4. The minimum Gasteiger partial charge on any atom is -0.497 e. The van der Waals surface area contributed by atoms with Crippen LogP contribution in [0.15, 0.2) is 205 Å². The number of para-hydroxylation sites is 1. The molecule has 0 aromatic heterocycles. The van der Waals surface area contributed by atoms with Crippen molar-refractivity contribution in [2.75, 3.05) is 14.2 Å². The van der Waals surface area contributed by atoms with Crippen LogP contribution in [-0.4, -0.2) is 14.2 Å². The summed E-state index contributed by atoms with van der Waals surface area (Å²) >= 11 is 17.1. The van der Waals surface area contributed by atoms with Crippen molar-refractivity contribution in [2.24, 2.45) is 11.8 Å². The van der Waals surface area contributed by atoms with Gasteiger partial charge in [0.25, 0.3) is 0 Å². The zero-order chi connectivity index (χ0) is 68.8. The van der Waals surface area contributed by atoms with E-state index in [1.54, 1.807) is 14.2 Å². The van der Waals surface area contributed by atoms with Crippen LogP contribution >= 0.6 is 61.7 Å². The molecular weight excluding hydrogens is 1330 g/mol. The maximum absolute atomic E-state index is 5.72. The van der Waals surface area contributed by atoms with Crippen LogP contribution in [0.25, 0.3) is 0 Å². The van der Waals surface area contributed by atoms with E-state index in [-0.39, 0.29) is 0 Å². The molecule has 6 heteroatoms. The van der Waals surface area contributed by atoms with E-state index < -0.39 is 0 Å². The summed E-state index contributed by atoms with van der Waals surface area (Å²) in [6.45, 7) is 44.1. The SMILES string of the molecule is CC(C)CCc1ccccc1.CC(C)c1ccc(Br)cc1.CC(C)c1ccc(Cl)cc1.CC(C)c1ccc(Cl)cc1.CC(C)c1ccc(I)cc1.CCCCCC(C)C.COc1ccc(C(C)C)cc1.COc1ccccc1C(C)C.Cc1ccc(C(C)C)cc1. The Bertz CT molecular complexity index is 2660. The molecule has 0 saturated heterocycles. The molecule has 0 aliphatic rings. The molecule has 8 rings (SSSR count). The monoisotopic (exact) mass is 1450 g/mol. The molecule has 0 N–H and O–H groups in total. The Hall–Kier alpha value is -4.85. The lowest BCUT2D eigenvalue weighted by molar-refractivity contribution is 0.407. The summed E-state index contributed by atoms with van der Waals surface area (Å²) in [5, 5.41) is 1.62. The van der Waals surface area contributed by atoms with Gasteiger partial charge in [0.1, 0.15) is 11.5 Å². The van der Waals surface area contributed by atoms with Gasteiger partial charge in [0.2, 0.25) is 0 Å². The zero-order valence-corrected chi connectivity index (χ0v) is 65.6. The molecule has 2 nitrogen and oxygen atoms in total. The first-order chi connectivity index (χ1) is 43.0. The van der Waals surface area contributed by atoms with Gasteiger partial charge >= 0.3 is 0 Å². The lowest BCUT2D eigenvalue weighted by Gasteiger charge is -2.10. The highest BCUT2D eigenvalue weighted by Gasteiger charge is 2.05. The average Bonchev–Trinajstić information content (AvgIpc) is 3.65. The highest BCUT2D eigenvalue weighted by molar-refractivity contribution is 14.1. The molecule has 0 saturated carbocycles. The second kappa shape index (κ2) is 51.6. The molecule has 0 aliphatic heterocycles. The third-order valence-corrected chi connectivity index (χ3v) is 16.4. The molecule has 0 heterocycles. The average molecular weight is 1450 g/mol. The van der Waals surface area contributed by atoms with Crippen LogP contribution in [0.5, 0.6) is 11.5 Å². The van der Waals surface area contributed by atoms with Gasteiger partial charge in [-0.25, -0.2) is 0 Å². The number of unbranched alkanes of at least 4 members (excludes halogenated alkanes) is 2.